The molecule has 1 saturated heterocycles. The van der Waals surface area contributed by atoms with E-state index in [4.69, 9.17) is 9.47 Å². The number of methoxy groups -OCH3 is 1. The van der Waals surface area contributed by atoms with E-state index in [0.29, 0.717) is 44.0 Å². The van der Waals surface area contributed by atoms with Crippen LogP contribution in [0.1, 0.15) is 70.6 Å². The standard InChI is InChI=1S/C25H32N2O4/c1-3-18(19-8-5-4-6-9-19)14-24(28)22-15-21(23-17-31-13-12-27(22)23)25(29)26-11-7-10-20(26)16-30-2/h4-6,8-9,15,18,20H,3,7,10-14,16-17H2,1-2H3/t18-,20+/m0/s1. The van der Waals surface area contributed by atoms with E-state index in [2.05, 4.69) is 19.1 Å². The summed E-state index contributed by atoms with van der Waals surface area (Å²) in [6.07, 6.45) is 3.26. The minimum absolute atomic E-state index is 0.0112. The predicted molar refractivity (Wildman–Crippen MR) is 118 cm³/mol. The van der Waals surface area contributed by atoms with Gasteiger partial charge in [0.1, 0.15) is 0 Å². The van der Waals surface area contributed by atoms with Gasteiger partial charge in [0.25, 0.3) is 5.91 Å². The second-order valence-corrected chi connectivity index (χ2v) is 8.49. The van der Waals surface area contributed by atoms with Crippen molar-refractivity contribution in [3.05, 3.63) is 58.9 Å². The number of amides is 1. The Morgan fingerprint density at radius 1 is 1.23 bits per heavy atom. The molecule has 0 bridgehead atoms. The maximum Gasteiger partial charge on any atom is 0.256 e. The molecule has 0 radical (unpaired) electrons. The number of fused-ring (bicyclic) bond motifs is 1. The molecular weight excluding hydrogens is 392 g/mol. The van der Waals surface area contributed by atoms with E-state index < -0.39 is 0 Å². The summed E-state index contributed by atoms with van der Waals surface area (Å²) in [6, 6.07) is 12.1. The first-order chi connectivity index (χ1) is 15.1. The number of ketones is 1. The molecule has 0 saturated carbocycles. The van der Waals surface area contributed by atoms with Crippen molar-refractivity contribution in [2.45, 2.75) is 57.7 Å². The average molecular weight is 425 g/mol. The van der Waals surface area contributed by atoms with Gasteiger partial charge >= 0.3 is 0 Å². The fourth-order valence-corrected chi connectivity index (χ4v) is 4.92. The third kappa shape index (κ3) is 4.46. The molecular formula is C25H32N2O4. The minimum Gasteiger partial charge on any atom is -0.383 e. The average Bonchev–Trinajstić information content (AvgIpc) is 3.43. The lowest BCUT2D eigenvalue weighted by Gasteiger charge is -2.25. The summed E-state index contributed by atoms with van der Waals surface area (Å²) >= 11 is 0. The van der Waals surface area contributed by atoms with E-state index >= 15 is 0 Å². The van der Waals surface area contributed by atoms with Crippen LogP contribution in [-0.2, 0) is 22.6 Å². The van der Waals surface area contributed by atoms with Crippen LogP contribution in [0.2, 0.25) is 0 Å². The molecule has 2 atom stereocenters. The highest BCUT2D eigenvalue weighted by molar-refractivity contribution is 6.02. The van der Waals surface area contributed by atoms with Crippen molar-refractivity contribution >= 4 is 11.7 Å². The first kappa shape index (κ1) is 21.8. The van der Waals surface area contributed by atoms with E-state index in [1.54, 1.807) is 7.11 Å². The molecule has 2 aromatic rings. The Morgan fingerprint density at radius 2 is 2.03 bits per heavy atom. The molecule has 6 heteroatoms. The summed E-state index contributed by atoms with van der Waals surface area (Å²) in [5.41, 5.74) is 3.26. The zero-order valence-corrected chi connectivity index (χ0v) is 18.5. The Hall–Kier alpha value is -2.44. The van der Waals surface area contributed by atoms with E-state index in [1.807, 2.05) is 33.7 Å². The Bertz CT molecular complexity index is 921. The second kappa shape index (κ2) is 9.79. The van der Waals surface area contributed by atoms with Crippen molar-refractivity contribution in [3.63, 3.8) is 0 Å². The zero-order valence-electron chi connectivity index (χ0n) is 18.5. The highest BCUT2D eigenvalue weighted by atomic mass is 16.5. The van der Waals surface area contributed by atoms with E-state index in [1.165, 1.54) is 5.56 Å². The number of benzene rings is 1. The Balaban J connectivity index is 1.61. The van der Waals surface area contributed by atoms with Crippen molar-refractivity contribution in [1.82, 2.24) is 9.47 Å². The molecule has 2 aliphatic rings. The van der Waals surface area contributed by atoms with Crippen LogP contribution in [-0.4, -0.2) is 54.1 Å². The maximum atomic E-state index is 13.4. The van der Waals surface area contributed by atoms with Gasteiger partial charge in [-0.3, -0.25) is 9.59 Å². The molecule has 6 nitrogen and oxygen atoms in total. The number of nitrogens with zero attached hydrogens (tertiary/aromatic N) is 2. The van der Waals surface area contributed by atoms with Gasteiger partial charge < -0.3 is 18.9 Å². The number of likely N-dealkylation sites (tertiary alicyclic amines) is 1. The van der Waals surface area contributed by atoms with Crippen LogP contribution in [0.25, 0.3) is 0 Å². The normalized spacial score (nSPS) is 19.3. The fourth-order valence-electron chi connectivity index (χ4n) is 4.92. The molecule has 0 unspecified atom stereocenters. The number of hydrogen-bond donors (Lipinski definition) is 0. The molecule has 0 aliphatic carbocycles. The van der Waals surface area contributed by atoms with Crippen molar-refractivity contribution in [1.29, 1.82) is 0 Å². The summed E-state index contributed by atoms with van der Waals surface area (Å²) in [5.74, 6) is 0.249. The topological polar surface area (TPSA) is 60.8 Å². The Kier molecular flexibility index (Phi) is 6.88. The molecule has 1 aromatic heterocycles. The first-order valence-corrected chi connectivity index (χ1v) is 11.3. The number of hydrogen-bond acceptors (Lipinski definition) is 4. The highest BCUT2D eigenvalue weighted by Gasteiger charge is 2.34. The summed E-state index contributed by atoms with van der Waals surface area (Å²) in [4.78, 5) is 28.7. The molecule has 3 heterocycles. The van der Waals surface area contributed by atoms with Gasteiger partial charge in [-0.2, -0.15) is 0 Å². The minimum atomic E-state index is -0.0112. The number of Topliss-reactive ketones (excluding diaryl/α,β-unsaturated/α-hetero) is 1. The van der Waals surface area contributed by atoms with Crippen LogP contribution in [0.5, 0.6) is 0 Å². The Labute approximate surface area is 184 Å². The van der Waals surface area contributed by atoms with Gasteiger partial charge in [-0.15, -0.1) is 0 Å². The quantitative estimate of drug-likeness (QED) is 0.600. The van der Waals surface area contributed by atoms with Crippen molar-refractivity contribution in [2.24, 2.45) is 0 Å². The molecule has 31 heavy (non-hydrogen) atoms. The van der Waals surface area contributed by atoms with Crippen LogP contribution in [0, 0.1) is 0 Å². The predicted octanol–water partition coefficient (Wildman–Crippen LogP) is 4.04. The molecule has 1 aromatic carbocycles. The van der Waals surface area contributed by atoms with Gasteiger partial charge in [0.2, 0.25) is 0 Å². The zero-order chi connectivity index (χ0) is 21.8. The van der Waals surface area contributed by atoms with E-state index in [0.717, 1.165) is 31.5 Å². The third-order valence-corrected chi connectivity index (χ3v) is 6.62. The summed E-state index contributed by atoms with van der Waals surface area (Å²) < 4.78 is 13.0. The van der Waals surface area contributed by atoms with Gasteiger partial charge in [-0.25, -0.2) is 0 Å². The number of carbonyl (C=O) groups is 2. The first-order valence-electron chi connectivity index (χ1n) is 11.3. The lowest BCUT2D eigenvalue weighted by atomic mass is 9.90. The van der Waals surface area contributed by atoms with Gasteiger partial charge in [0.15, 0.2) is 5.78 Å². The smallest absolute Gasteiger partial charge is 0.256 e. The van der Waals surface area contributed by atoms with Gasteiger partial charge in [-0.05, 0) is 36.8 Å². The molecule has 1 amide bonds. The van der Waals surface area contributed by atoms with Crippen LogP contribution < -0.4 is 0 Å². The highest BCUT2D eigenvalue weighted by Crippen LogP contribution is 2.30. The number of ether oxygens (including phenoxy) is 2. The number of aromatic nitrogens is 1. The number of carbonyl (C=O) groups excluding carboxylic acids is 2. The third-order valence-electron chi connectivity index (χ3n) is 6.62. The number of rotatable bonds is 8. The van der Waals surface area contributed by atoms with Crippen LogP contribution >= 0.6 is 0 Å². The second-order valence-electron chi connectivity index (χ2n) is 8.49. The fraction of sp³-hybridized carbons (Fsp3) is 0.520. The summed E-state index contributed by atoms with van der Waals surface area (Å²) in [7, 11) is 1.67. The van der Waals surface area contributed by atoms with E-state index in [9.17, 15) is 9.59 Å². The summed E-state index contributed by atoms with van der Waals surface area (Å²) in [5, 5.41) is 0. The van der Waals surface area contributed by atoms with Crippen LogP contribution in [0.4, 0.5) is 0 Å². The molecule has 166 valence electrons. The van der Waals surface area contributed by atoms with E-state index in [-0.39, 0.29) is 23.7 Å². The van der Waals surface area contributed by atoms with Gasteiger partial charge in [0, 0.05) is 26.6 Å². The molecule has 1 fully saturated rings. The van der Waals surface area contributed by atoms with Crippen LogP contribution in [0.3, 0.4) is 0 Å². The largest absolute Gasteiger partial charge is 0.383 e. The molecule has 0 spiro atoms. The SMILES string of the molecule is CC[C@@H](CC(=O)c1cc(C(=O)N2CCC[C@@H]2COC)c2n1CCOC2)c1ccccc1. The summed E-state index contributed by atoms with van der Waals surface area (Å²) in [6.45, 7) is 4.92. The van der Waals surface area contributed by atoms with Crippen molar-refractivity contribution in [2.75, 3.05) is 26.9 Å². The molecule has 2 aliphatic heterocycles. The Morgan fingerprint density at radius 3 is 2.77 bits per heavy atom. The van der Waals surface area contributed by atoms with Gasteiger partial charge in [-0.1, -0.05) is 37.3 Å². The molecule has 0 N–H and O–H groups in total. The van der Waals surface area contributed by atoms with Crippen molar-refractivity contribution in [3.8, 4) is 0 Å². The lowest BCUT2D eigenvalue weighted by molar-refractivity contribution is 0.0605. The van der Waals surface area contributed by atoms with Gasteiger partial charge in [0.05, 0.1) is 42.8 Å². The monoisotopic (exact) mass is 424 g/mol. The maximum absolute atomic E-state index is 13.4. The molecule has 4 rings (SSSR count). The van der Waals surface area contributed by atoms with Crippen molar-refractivity contribution < 1.29 is 19.1 Å². The van der Waals surface area contributed by atoms with Crippen LogP contribution in [0.15, 0.2) is 36.4 Å². The lowest BCUT2D eigenvalue weighted by Crippen LogP contribution is -2.38.